The van der Waals surface area contributed by atoms with Crippen LogP contribution in [0.3, 0.4) is 0 Å². The fourth-order valence-corrected chi connectivity index (χ4v) is 2.42. The summed E-state index contributed by atoms with van der Waals surface area (Å²) in [6, 6.07) is 4.05. The molecule has 8 heteroatoms. The van der Waals surface area contributed by atoms with Crippen molar-refractivity contribution in [3.63, 3.8) is 0 Å². The molecule has 0 saturated heterocycles. The Bertz CT molecular complexity index is 879. The van der Waals surface area contributed by atoms with E-state index in [9.17, 15) is 9.18 Å². The summed E-state index contributed by atoms with van der Waals surface area (Å²) in [7, 11) is 0. The van der Waals surface area contributed by atoms with Gasteiger partial charge >= 0.3 is 5.97 Å². The summed E-state index contributed by atoms with van der Waals surface area (Å²) in [5.41, 5.74) is 0.654. The number of carbonyl (C=O) groups is 1. The average Bonchev–Trinajstić information content (AvgIpc) is 2.87. The van der Waals surface area contributed by atoms with Crippen molar-refractivity contribution in [3.05, 3.63) is 52.1 Å². The van der Waals surface area contributed by atoms with Crippen molar-refractivity contribution in [2.24, 2.45) is 0 Å². The van der Waals surface area contributed by atoms with Crippen molar-refractivity contribution in [3.8, 4) is 11.3 Å². The molecule has 5 nitrogen and oxygen atoms in total. The van der Waals surface area contributed by atoms with E-state index in [1.807, 2.05) is 0 Å². The van der Waals surface area contributed by atoms with Crippen LogP contribution in [0.1, 0.15) is 10.5 Å². The van der Waals surface area contributed by atoms with Crippen molar-refractivity contribution >= 4 is 34.9 Å². The summed E-state index contributed by atoms with van der Waals surface area (Å²) < 4.78 is 15.1. The van der Waals surface area contributed by atoms with Gasteiger partial charge in [0.25, 0.3) is 0 Å². The third-order valence-corrected chi connectivity index (χ3v) is 3.48. The first-order valence-electron chi connectivity index (χ1n) is 5.69. The van der Waals surface area contributed by atoms with Crippen molar-refractivity contribution in [2.45, 2.75) is 0 Å². The lowest BCUT2D eigenvalue weighted by Crippen LogP contribution is -1.95. The lowest BCUT2D eigenvalue weighted by Gasteiger charge is -2.08. The third-order valence-electron chi connectivity index (χ3n) is 2.87. The fourth-order valence-electron chi connectivity index (χ4n) is 1.94. The Labute approximate surface area is 127 Å². The summed E-state index contributed by atoms with van der Waals surface area (Å²) >= 11 is 11.8. The van der Waals surface area contributed by atoms with Crippen LogP contribution >= 0.6 is 23.2 Å². The number of carboxylic acids is 1. The van der Waals surface area contributed by atoms with Crippen LogP contribution in [-0.4, -0.2) is 25.4 Å². The van der Waals surface area contributed by atoms with Gasteiger partial charge in [0.15, 0.2) is 5.69 Å². The molecule has 0 unspecified atom stereocenters. The summed E-state index contributed by atoms with van der Waals surface area (Å²) in [5.74, 6) is -1.63. The molecule has 0 fully saturated rings. The maximum atomic E-state index is 13.7. The van der Waals surface area contributed by atoms with Crippen LogP contribution in [0, 0.1) is 5.82 Å². The smallest absolute Gasteiger partial charge is 0.356 e. The maximum Gasteiger partial charge on any atom is 0.356 e. The number of imidazole rings is 1. The van der Waals surface area contributed by atoms with Crippen LogP contribution in [0.15, 0.2) is 30.6 Å². The van der Waals surface area contributed by atoms with Crippen molar-refractivity contribution < 1.29 is 14.3 Å². The monoisotopic (exact) mass is 325 g/mol. The summed E-state index contributed by atoms with van der Waals surface area (Å²) in [6.07, 6.45) is 2.73. The van der Waals surface area contributed by atoms with E-state index in [4.69, 9.17) is 28.3 Å². The molecule has 106 valence electrons. The number of halogens is 3. The Morgan fingerprint density at radius 2 is 2.05 bits per heavy atom. The number of hydrogen-bond donors (Lipinski definition) is 1. The van der Waals surface area contributed by atoms with Crippen LogP contribution in [-0.2, 0) is 0 Å². The summed E-state index contributed by atoms with van der Waals surface area (Å²) in [4.78, 5) is 18.8. The van der Waals surface area contributed by atoms with Crippen LogP contribution in [0.2, 0.25) is 10.0 Å². The number of nitrogens with zero attached hydrogens (tertiary/aromatic N) is 3. The molecular formula is C13H6Cl2FN3O2. The number of hydrogen-bond acceptors (Lipinski definition) is 3. The van der Waals surface area contributed by atoms with Crippen LogP contribution in [0.5, 0.6) is 0 Å². The number of rotatable bonds is 2. The van der Waals surface area contributed by atoms with Gasteiger partial charge in [0, 0.05) is 18.0 Å². The van der Waals surface area contributed by atoms with E-state index in [1.165, 1.54) is 28.9 Å². The summed E-state index contributed by atoms with van der Waals surface area (Å²) in [5, 5.41) is 9.12. The Balaban J connectivity index is 2.30. The van der Waals surface area contributed by atoms with Crippen molar-refractivity contribution in [1.29, 1.82) is 0 Å². The molecule has 1 aromatic carbocycles. The first-order chi connectivity index (χ1) is 9.97. The summed E-state index contributed by atoms with van der Waals surface area (Å²) in [6.45, 7) is 0. The molecular weight excluding hydrogens is 320 g/mol. The predicted molar refractivity (Wildman–Crippen MR) is 75.4 cm³/mol. The average molecular weight is 326 g/mol. The lowest BCUT2D eigenvalue weighted by atomic mass is 10.1. The zero-order valence-corrected chi connectivity index (χ0v) is 11.7. The molecule has 2 heterocycles. The minimum absolute atomic E-state index is 0.0918. The van der Waals surface area contributed by atoms with Gasteiger partial charge in [-0.05, 0) is 18.2 Å². The van der Waals surface area contributed by atoms with Crippen LogP contribution < -0.4 is 0 Å². The second-order valence-corrected chi connectivity index (χ2v) is 4.99. The van der Waals surface area contributed by atoms with Gasteiger partial charge in [0.1, 0.15) is 5.82 Å². The highest BCUT2D eigenvalue weighted by Crippen LogP contribution is 2.32. The molecule has 0 amide bonds. The Kier molecular flexibility index (Phi) is 3.27. The van der Waals surface area contributed by atoms with E-state index < -0.39 is 11.8 Å². The van der Waals surface area contributed by atoms with Gasteiger partial charge in [-0.3, -0.25) is 4.40 Å². The minimum atomic E-state index is -1.18. The molecule has 0 aliphatic rings. The van der Waals surface area contributed by atoms with E-state index in [2.05, 4.69) is 9.97 Å². The highest BCUT2D eigenvalue weighted by molar-refractivity contribution is 6.36. The quantitative estimate of drug-likeness (QED) is 0.732. The highest BCUT2D eigenvalue weighted by Gasteiger charge is 2.15. The number of aromatic nitrogens is 3. The van der Waals surface area contributed by atoms with E-state index in [0.717, 1.165) is 0 Å². The second-order valence-electron chi connectivity index (χ2n) is 4.18. The van der Waals surface area contributed by atoms with Gasteiger partial charge in [-0.2, -0.15) is 0 Å². The Morgan fingerprint density at radius 1 is 1.29 bits per heavy atom. The first kappa shape index (κ1) is 13.8. The normalized spacial score (nSPS) is 11.0. The standard InChI is InChI=1S/C13H6Cl2FN3O2/c14-7-4-8(15)9(16)3-6(7)11-1-2-17-13-18-10(12(20)21)5-19(11)13/h1-5H,(H,20,21). The molecule has 0 aliphatic carbocycles. The number of fused-ring (bicyclic) bond motifs is 1. The van der Waals surface area contributed by atoms with Gasteiger partial charge in [0.05, 0.1) is 15.7 Å². The number of carboxylic acid groups (broad SMARTS) is 1. The Hall–Kier alpha value is -2.18. The Morgan fingerprint density at radius 3 is 2.76 bits per heavy atom. The minimum Gasteiger partial charge on any atom is -0.476 e. The lowest BCUT2D eigenvalue weighted by molar-refractivity contribution is 0.0691. The molecule has 0 atom stereocenters. The third kappa shape index (κ3) is 2.32. The fraction of sp³-hybridized carbons (Fsp3) is 0. The zero-order valence-electron chi connectivity index (χ0n) is 10.2. The number of benzene rings is 1. The van der Waals surface area contributed by atoms with E-state index in [-0.39, 0.29) is 21.5 Å². The predicted octanol–water partition coefficient (Wildman–Crippen LogP) is 3.54. The van der Waals surface area contributed by atoms with Crippen molar-refractivity contribution in [2.75, 3.05) is 0 Å². The van der Waals surface area contributed by atoms with Crippen LogP contribution in [0.25, 0.3) is 17.0 Å². The molecule has 21 heavy (non-hydrogen) atoms. The highest BCUT2D eigenvalue weighted by atomic mass is 35.5. The number of aromatic carboxylic acids is 1. The van der Waals surface area contributed by atoms with Gasteiger partial charge < -0.3 is 5.11 Å². The molecule has 0 aliphatic heterocycles. The maximum absolute atomic E-state index is 13.7. The topological polar surface area (TPSA) is 67.5 Å². The first-order valence-corrected chi connectivity index (χ1v) is 6.45. The molecule has 0 bridgehead atoms. The van der Waals surface area contributed by atoms with Gasteiger partial charge in [-0.15, -0.1) is 0 Å². The van der Waals surface area contributed by atoms with E-state index in [0.29, 0.717) is 11.3 Å². The molecule has 0 saturated carbocycles. The second kappa shape index (κ2) is 4.98. The van der Waals surface area contributed by atoms with Gasteiger partial charge in [0.2, 0.25) is 5.78 Å². The van der Waals surface area contributed by atoms with E-state index in [1.54, 1.807) is 6.07 Å². The largest absolute Gasteiger partial charge is 0.476 e. The molecule has 0 radical (unpaired) electrons. The SMILES string of the molecule is O=C(O)c1cn2c(-c3cc(F)c(Cl)cc3Cl)ccnc2n1. The van der Waals surface area contributed by atoms with Gasteiger partial charge in [-0.1, -0.05) is 23.2 Å². The molecule has 0 spiro atoms. The molecule has 2 aromatic heterocycles. The van der Waals surface area contributed by atoms with E-state index >= 15 is 0 Å². The zero-order chi connectivity index (χ0) is 15.1. The van der Waals surface area contributed by atoms with Gasteiger partial charge in [-0.25, -0.2) is 19.2 Å². The van der Waals surface area contributed by atoms with Crippen molar-refractivity contribution in [1.82, 2.24) is 14.4 Å². The molecule has 3 aromatic rings. The van der Waals surface area contributed by atoms with Crippen LogP contribution in [0.4, 0.5) is 4.39 Å². The molecule has 1 N–H and O–H groups in total. The molecule has 3 rings (SSSR count).